The number of hydrogen-bond donors (Lipinski definition) is 1. The molecule has 1 aromatic heterocycles. The zero-order valence-corrected chi connectivity index (χ0v) is 19.1. The number of carbonyl (C=O) groups excluding carboxylic acids is 1. The summed E-state index contributed by atoms with van der Waals surface area (Å²) in [5.74, 6) is 0.193. The van der Waals surface area contributed by atoms with Crippen LogP contribution in [0.2, 0.25) is 0 Å². The van der Waals surface area contributed by atoms with Gasteiger partial charge in [-0.1, -0.05) is 12.1 Å². The lowest BCUT2D eigenvalue weighted by Gasteiger charge is -2.42. The highest BCUT2D eigenvalue weighted by molar-refractivity contribution is 7.10. The van der Waals surface area contributed by atoms with Crippen molar-refractivity contribution >= 4 is 22.9 Å². The van der Waals surface area contributed by atoms with Gasteiger partial charge >= 0.3 is 0 Å². The number of ether oxygens (including phenoxy) is 1. The first-order valence-corrected chi connectivity index (χ1v) is 11.7. The number of methoxy groups -OCH3 is 1. The van der Waals surface area contributed by atoms with Crippen molar-refractivity contribution in [3.63, 3.8) is 0 Å². The molecule has 1 aliphatic rings. The quantitative estimate of drug-likeness (QED) is 0.569. The molecule has 0 radical (unpaired) electrons. The Bertz CT molecular complexity index is 1020. The second-order valence-electron chi connectivity index (χ2n) is 7.95. The maximum absolute atomic E-state index is 13.6. The number of hydrogen-bond acceptors (Lipinski definition) is 5. The molecule has 1 fully saturated rings. The Kier molecular flexibility index (Phi) is 7.07. The second kappa shape index (κ2) is 10.1. The Hall–Kier alpha value is -2.90. The van der Waals surface area contributed by atoms with Crippen LogP contribution in [0, 0.1) is 5.82 Å². The summed E-state index contributed by atoms with van der Waals surface area (Å²) in [4.78, 5) is 18.8. The number of nitrogens with zero attached hydrogens (tertiary/aromatic N) is 2. The Morgan fingerprint density at radius 1 is 1.06 bits per heavy atom. The lowest BCUT2D eigenvalue weighted by molar-refractivity contribution is 0.0890. The van der Waals surface area contributed by atoms with Gasteiger partial charge in [0.25, 0.3) is 5.91 Å². The monoisotopic (exact) mass is 453 g/mol. The zero-order chi connectivity index (χ0) is 22.5. The van der Waals surface area contributed by atoms with E-state index in [9.17, 15) is 9.18 Å². The van der Waals surface area contributed by atoms with E-state index in [1.807, 2.05) is 25.1 Å². The van der Waals surface area contributed by atoms with Gasteiger partial charge in [0.15, 0.2) is 0 Å². The third-order valence-electron chi connectivity index (χ3n) is 5.90. The summed E-state index contributed by atoms with van der Waals surface area (Å²) >= 11 is 1.70. The summed E-state index contributed by atoms with van der Waals surface area (Å²) in [5.41, 5.74) is 1.52. The highest BCUT2D eigenvalue weighted by Gasteiger charge is 2.31. The fourth-order valence-electron chi connectivity index (χ4n) is 4.25. The molecule has 3 aromatic rings. The fraction of sp³-hybridized carbons (Fsp3) is 0.320. The highest BCUT2D eigenvalue weighted by atomic mass is 32.1. The smallest absolute Gasteiger partial charge is 0.251 e. The number of nitrogens with one attached hydrogen (secondary N) is 1. The van der Waals surface area contributed by atoms with Crippen LogP contribution >= 0.6 is 11.3 Å². The van der Waals surface area contributed by atoms with E-state index in [-0.39, 0.29) is 18.0 Å². The number of amides is 1. The number of rotatable bonds is 7. The molecule has 1 N–H and O–H groups in total. The largest absolute Gasteiger partial charge is 0.497 e. The number of halogens is 1. The van der Waals surface area contributed by atoms with Crippen LogP contribution in [0.4, 0.5) is 10.1 Å². The standard InChI is InChI=1S/C25H28FN3O2S/c1-18(27-25(30)19-5-3-6-20(26)17-19)24(23-7-4-16-32-23)29-14-12-28(13-15-29)21-8-10-22(31-2)11-9-21/h3-11,16-18,24H,12-15H2,1-2H3,(H,27,30)/t18-,24-/m0/s1. The van der Waals surface area contributed by atoms with Crippen LogP contribution in [0.1, 0.15) is 28.2 Å². The van der Waals surface area contributed by atoms with E-state index in [0.717, 1.165) is 31.9 Å². The van der Waals surface area contributed by atoms with Crippen LogP contribution in [-0.4, -0.2) is 50.1 Å². The summed E-state index contributed by atoms with van der Waals surface area (Å²) < 4.78 is 18.8. The molecule has 4 rings (SSSR count). The molecule has 0 unspecified atom stereocenters. The molecule has 0 spiro atoms. The minimum Gasteiger partial charge on any atom is -0.497 e. The molecule has 7 heteroatoms. The van der Waals surface area contributed by atoms with E-state index in [2.05, 4.69) is 38.7 Å². The van der Waals surface area contributed by atoms with Gasteiger partial charge in [-0.15, -0.1) is 11.3 Å². The van der Waals surface area contributed by atoms with Crippen LogP contribution in [0.25, 0.3) is 0 Å². The number of benzene rings is 2. The van der Waals surface area contributed by atoms with Crippen LogP contribution in [0.3, 0.4) is 0 Å². The molecular weight excluding hydrogens is 425 g/mol. The fourth-order valence-corrected chi connectivity index (χ4v) is 5.22. The Balaban J connectivity index is 1.45. The number of piperazine rings is 1. The average Bonchev–Trinajstić information content (AvgIpc) is 3.34. The molecule has 2 atom stereocenters. The van der Waals surface area contributed by atoms with Gasteiger partial charge in [0.1, 0.15) is 11.6 Å². The van der Waals surface area contributed by atoms with Gasteiger partial charge < -0.3 is 15.0 Å². The first kappa shape index (κ1) is 22.3. The topological polar surface area (TPSA) is 44.8 Å². The minimum absolute atomic E-state index is 0.0607. The third kappa shape index (κ3) is 5.11. The maximum Gasteiger partial charge on any atom is 0.251 e. The van der Waals surface area contributed by atoms with E-state index in [1.165, 1.54) is 22.7 Å². The first-order chi connectivity index (χ1) is 15.5. The molecule has 0 aliphatic carbocycles. The predicted molar refractivity (Wildman–Crippen MR) is 127 cm³/mol. The SMILES string of the molecule is COc1ccc(N2CCN([C@H](c3cccs3)[C@H](C)NC(=O)c3cccc(F)c3)CC2)cc1. The highest BCUT2D eigenvalue weighted by Crippen LogP contribution is 2.30. The molecular formula is C25H28FN3O2S. The molecule has 2 heterocycles. The van der Waals surface area contributed by atoms with Crippen molar-refractivity contribution in [3.05, 3.63) is 82.3 Å². The third-order valence-corrected chi connectivity index (χ3v) is 6.84. The number of anilines is 1. The van der Waals surface area contributed by atoms with Crippen molar-refractivity contribution in [2.45, 2.75) is 19.0 Å². The molecule has 5 nitrogen and oxygen atoms in total. The summed E-state index contributed by atoms with van der Waals surface area (Å²) in [6.07, 6.45) is 0. The normalized spacial score (nSPS) is 16.4. The molecule has 1 amide bonds. The van der Waals surface area contributed by atoms with Crippen molar-refractivity contribution in [3.8, 4) is 5.75 Å². The lowest BCUT2D eigenvalue weighted by Crippen LogP contribution is -2.52. The molecule has 2 aromatic carbocycles. The number of thiophene rings is 1. The molecule has 0 bridgehead atoms. The second-order valence-corrected chi connectivity index (χ2v) is 8.93. The van der Waals surface area contributed by atoms with Gasteiger partial charge in [-0.05, 0) is 60.8 Å². The van der Waals surface area contributed by atoms with Crippen molar-refractivity contribution in [2.75, 3.05) is 38.2 Å². The predicted octanol–water partition coefficient (Wildman–Crippen LogP) is 4.58. The van der Waals surface area contributed by atoms with Gasteiger partial charge in [-0.2, -0.15) is 0 Å². The molecule has 0 saturated carbocycles. The van der Waals surface area contributed by atoms with Crippen molar-refractivity contribution in [2.24, 2.45) is 0 Å². The lowest BCUT2D eigenvalue weighted by atomic mass is 10.0. The van der Waals surface area contributed by atoms with Gasteiger partial charge in [-0.25, -0.2) is 4.39 Å². The molecule has 168 valence electrons. The van der Waals surface area contributed by atoms with Crippen LogP contribution in [0.5, 0.6) is 5.75 Å². The summed E-state index contributed by atoms with van der Waals surface area (Å²) in [5, 5.41) is 5.16. The minimum atomic E-state index is -0.408. The molecule has 1 aliphatic heterocycles. The average molecular weight is 454 g/mol. The van der Waals surface area contributed by atoms with E-state index in [1.54, 1.807) is 30.6 Å². The van der Waals surface area contributed by atoms with Gasteiger partial charge in [0.05, 0.1) is 13.2 Å². The van der Waals surface area contributed by atoms with E-state index >= 15 is 0 Å². The Morgan fingerprint density at radius 3 is 2.44 bits per heavy atom. The molecule has 32 heavy (non-hydrogen) atoms. The molecule has 1 saturated heterocycles. The summed E-state index contributed by atoms with van der Waals surface area (Å²) in [6.45, 7) is 5.60. The Morgan fingerprint density at radius 2 is 1.81 bits per heavy atom. The van der Waals surface area contributed by atoms with Crippen molar-refractivity contribution in [1.29, 1.82) is 0 Å². The van der Waals surface area contributed by atoms with Gasteiger partial charge in [0, 0.05) is 48.3 Å². The number of carbonyl (C=O) groups is 1. The maximum atomic E-state index is 13.6. The Labute approximate surface area is 192 Å². The van der Waals surface area contributed by atoms with Gasteiger partial charge in [-0.3, -0.25) is 9.69 Å². The first-order valence-electron chi connectivity index (χ1n) is 10.8. The van der Waals surface area contributed by atoms with Crippen molar-refractivity contribution in [1.82, 2.24) is 10.2 Å². The summed E-state index contributed by atoms with van der Waals surface area (Å²) in [6, 6.07) is 18.1. The van der Waals surface area contributed by atoms with Crippen LogP contribution < -0.4 is 15.0 Å². The van der Waals surface area contributed by atoms with Crippen LogP contribution in [0.15, 0.2) is 66.0 Å². The van der Waals surface area contributed by atoms with E-state index in [0.29, 0.717) is 5.56 Å². The van der Waals surface area contributed by atoms with Gasteiger partial charge in [0.2, 0.25) is 0 Å². The van der Waals surface area contributed by atoms with Crippen LogP contribution in [-0.2, 0) is 0 Å². The van der Waals surface area contributed by atoms with E-state index in [4.69, 9.17) is 4.74 Å². The zero-order valence-electron chi connectivity index (χ0n) is 18.3. The van der Waals surface area contributed by atoms with Crippen molar-refractivity contribution < 1.29 is 13.9 Å². The summed E-state index contributed by atoms with van der Waals surface area (Å²) in [7, 11) is 1.67. The van der Waals surface area contributed by atoms with E-state index < -0.39 is 5.82 Å².